The summed E-state index contributed by atoms with van der Waals surface area (Å²) in [6, 6.07) is 7.22. The van der Waals surface area contributed by atoms with E-state index in [9.17, 15) is 23.5 Å². The van der Waals surface area contributed by atoms with E-state index in [0.29, 0.717) is 44.3 Å². The number of hydrogen-bond acceptors (Lipinski definition) is 7. The first-order valence-corrected chi connectivity index (χ1v) is 14.6. The van der Waals surface area contributed by atoms with Crippen LogP contribution in [0.1, 0.15) is 41.7 Å². The first kappa shape index (κ1) is 29.2. The second kappa shape index (κ2) is 12.4. The summed E-state index contributed by atoms with van der Waals surface area (Å²) in [5.74, 6) is -1.73. The largest absolute Gasteiger partial charge is 0.493 e. The number of hydrogen-bond donors (Lipinski definition) is 3. The number of halogens is 2. The molecule has 228 valence electrons. The Hall–Kier alpha value is -3.87. The minimum absolute atomic E-state index is 0.164. The molecule has 2 aromatic carbocycles. The van der Waals surface area contributed by atoms with Crippen molar-refractivity contribution in [1.82, 2.24) is 25.1 Å². The van der Waals surface area contributed by atoms with Crippen LogP contribution in [0.4, 0.5) is 8.78 Å². The van der Waals surface area contributed by atoms with Crippen LogP contribution in [0.25, 0.3) is 11.1 Å². The van der Waals surface area contributed by atoms with Gasteiger partial charge in [0.2, 0.25) is 5.91 Å². The van der Waals surface area contributed by atoms with Gasteiger partial charge in [-0.25, -0.2) is 13.8 Å². The molecule has 2 amide bonds. The fraction of sp³-hybridized carbons (Fsp3) is 0.452. The van der Waals surface area contributed by atoms with Crippen molar-refractivity contribution >= 4 is 11.8 Å². The summed E-state index contributed by atoms with van der Waals surface area (Å²) < 4.78 is 42.3. The first-order chi connectivity index (χ1) is 20.7. The third-order valence-corrected chi connectivity index (χ3v) is 8.39. The van der Waals surface area contributed by atoms with Gasteiger partial charge < -0.3 is 29.8 Å². The van der Waals surface area contributed by atoms with E-state index in [0.717, 1.165) is 11.8 Å². The summed E-state index contributed by atoms with van der Waals surface area (Å²) in [5, 5.41) is 16.6. The van der Waals surface area contributed by atoms with E-state index in [-0.39, 0.29) is 54.0 Å². The number of rotatable bonds is 3. The van der Waals surface area contributed by atoms with Crippen LogP contribution in [0.5, 0.6) is 5.75 Å². The molecule has 0 aliphatic carbocycles. The fourth-order valence-corrected chi connectivity index (χ4v) is 6.16. The molecule has 1 aromatic heterocycles. The van der Waals surface area contributed by atoms with Crippen LogP contribution in [0.2, 0.25) is 0 Å². The Morgan fingerprint density at radius 1 is 1.09 bits per heavy atom. The molecule has 3 N–H and O–H groups in total. The highest BCUT2D eigenvalue weighted by Gasteiger charge is 2.39. The van der Waals surface area contributed by atoms with Gasteiger partial charge in [-0.15, -0.1) is 0 Å². The van der Waals surface area contributed by atoms with Crippen LogP contribution in [-0.2, 0) is 23.1 Å². The molecular formula is C31H35F2N5O5. The Morgan fingerprint density at radius 2 is 1.93 bits per heavy atom. The maximum Gasteiger partial charge on any atom is 0.255 e. The second-order valence-corrected chi connectivity index (χ2v) is 11.5. The van der Waals surface area contributed by atoms with E-state index in [1.54, 1.807) is 24.5 Å². The maximum absolute atomic E-state index is 14.6. The lowest BCUT2D eigenvalue weighted by atomic mass is 9.99. The van der Waals surface area contributed by atoms with E-state index >= 15 is 0 Å². The summed E-state index contributed by atoms with van der Waals surface area (Å²) in [6.07, 6.45) is 4.10. The number of nitrogens with one attached hydrogen (secondary N) is 2. The summed E-state index contributed by atoms with van der Waals surface area (Å²) in [4.78, 5) is 33.4. The number of fused-ring (bicyclic) bond motifs is 5. The van der Waals surface area contributed by atoms with Crippen molar-refractivity contribution in [2.75, 3.05) is 19.7 Å². The van der Waals surface area contributed by atoms with Crippen LogP contribution in [-0.4, -0.2) is 81.5 Å². The summed E-state index contributed by atoms with van der Waals surface area (Å²) >= 11 is 0. The highest BCUT2D eigenvalue weighted by molar-refractivity contribution is 5.98. The van der Waals surface area contributed by atoms with Crippen molar-refractivity contribution in [3.8, 4) is 16.9 Å². The molecule has 5 atom stereocenters. The Kier molecular flexibility index (Phi) is 8.42. The van der Waals surface area contributed by atoms with Gasteiger partial charge in [-0.3, -0.25) is 14.5 Å². The molecule has 0 unspecified atom stereocenters. The van der Waals surface area contributed by atoms with E-state index in [4.69, 9.17) is 9.47 Å². The lowest BCUT2D eigenvalue weighted by molar-refractivity contribution is -0.133. The number of benzene rings is 2. The molecule has 0 spiro atoms. The predicted molar refractivity (Wildman–Crippen MR) is 152 cm³/mol. The molecule has 4 bridgehead atoms. The number of amides is 2. The number of aliphatic hydroxyl groups excluding tert-OH is 1. The van der Waals surface area contributed by atoms with Crippen LogP contribution in [0, 0.1) is 11.6 Å². The summed E-state index contributed by atoms with van der Waals surface area (Å²) in [6.45, 7) is 1.21. The van der Waals surface area contributed by atoms with Gasteiger partial charge in [-0.2, -0.15) is 0 Å². The molecule has 3 aliphatic heterocycles. The Labute approximate surface area is 248 Å². The van der Waals surface area contributed by atoms with E-state index in [1.807, 2.05) is 22.7 Å². The highest BCUT2D eigenvalue weighted by atomic mass is 19.1. The molecule has 0 radical (unpaired) electrons. The zero-order valence-electron chi connectivity index (χ0n) is 23.8. The van der Waals surface area contributed by atoms with Crippen LogP contribution in [0.15, 0.2) is 48.9 Å². The second-order valence-electron chi connectivity index (χ2n) is 11.5. The van der Waals surface area contributed by atoms with Crippen molar-refractivity contribution < 1.29 is 33.0 Å². The molecule has 2 fully saturated rings. The quantitative estimate of drug-likeness (QED) is 0.426. The first-order valence-electron chi connectivity index (χ1n) is 14.6. The minimum atomic E-state index is -0.721. The smallest absolute Gasteiger partial charge is 0.255 e. The van der Waals surface area contributed by atoms with Gasteiger partial charge in [-0.05, 0) is 49.1 Å². The number of ether oxygens (including phenoxy) is 2. The zero-order chi connectivity index (χ0) is 30.1. The van der Waals surface area contributed by atoms with E-state index in [2.05, 4.69) is 15.6 Å². The molecule has 4 heterocycles. The Morgan fingerprint density at radius 3 is 2.72 bits per heavy atom. The van der Waals surface area contributed by atoms with Crippen molar-refractivity contribution in [1.29, 1.82) is 0 Å². The number of imidazole rings is 1. The molecule has 12 heteroatoms. The number of aryl methyl sites for hydroxylation is 1. The topological polar surface area (TPSA) is 118 Å². The van der Waals surface area contributed by atoms with Gasteiger partial charge in [0.1, 0.15) is 23.5 Å². The Balaban J connectivity index is 1.30. The molecule has 6 rings (SSSR count). The molecule has 10 nitrogen and oxygen atoms in total. The predicted octanol–water partition coefficient (Wildman–Crippen LogP) is 2.55. The van der Waals surface area contributed by atoms with Crippen molar-refractivity contribution in [3.05, 3.63) is 71.8 Å². The molecule has 43 heavy (non-hydrogen) atoms. The van der Waals surface area contributed by atoms with Crippen molar-refractivity contribution in [3.63, 3.8) is 0 Å². The van der Waals surface area contributed by atoms with Gasteiger partial charge in [0, 0.05) is 57.0 Å². The van der Waals surface area contributed by atoms with Crippen molar-refractivity contribution in [2.24, 2.45) is 7.05 Å². The van der Waals surface area contributed by atoms with Gasteiger partial charge in [-0.1, -0.05) is 6.07 Å². The SMILES string of the molecule is Cn1cnc(CN2C[C@@H]3C[C@H]2C(=O)NC[C@H]2O[C@H](CCOc4cc(-c5ccc(F)cc5F)ccc4C(=O)N3)CC[C@@H]2O)c1. The molecule has 3 aliphatic rings. The third-order valence-electron chi connectivity index (χ3n) is 8.39. The lowest BCUT2D eigenvalue weighted by Gasteiger charge is -2.34. The standard InChI is InChI=1S/C31H35F2N5O5/c1-37-14-21(35-17-37)16-38-15-20-12-26(38)31(41)34-13-29-27(39)7-4-22(43-29)8-9-42-28-10-18(2-5-24(28)30(40)36-20)23-6-3-19(32)11-25(23)33/h2-3,5-6,10-11,14,17,20,22,26-27,29,39H,4,7-9,12-13,15-16H2,1H3,(H,34,41)(H,36,40)/t20-,22-,26-,27-,29+/m0/s1. The fourth-order valence-electron chi connectivity index (χ4n) is 6.16. The van der Waals surface area contributed by atoms with Gasteiger partial charge in [0.15, 0.2) is 0 Å². The molecule has 3 aromatic rings. The van der Waals surface area contributed by atoms with Crippen LogP contribution >= 0.6 is 0 Å². The number of aromatic nitrogens is 2. The van der Waals surface area contributed by atoms with Crippen LogP contribution < -0.4 is 15.4 Å². The zero-order valence-corrected chi connectivity index (χ0v) is 23.8. The number of carbonyl (C=O) groups is 2. The monoisotopic (exact) mass is 595 g/mol. The maximum atomic E-state index is 14.6. The third kappa shape index (κ3) is 6.56. The average molecular weight is 596 g/mol. The van der Waals surface area contributed by atoms with Gasteiger partial charge in [0.25, 0.3) is 5.91 Å². The van der Waals surface area contributed by atoms with Crippen molar-refractivity contribution in [2.45, 2.75) is 62.6 Å². The van der Waals surface area contributed by atoms with E-state index < -0.39 is 29.9 Å². The normalized spacial score (nSPS) is 26.7. The molecule has 0 saturated carbocycles. The lowest BCUT2D eigenvalue weighted by Crippen LogP contribution is -2.50. The van der Waals surface area contributed by atoms with Gasteiger partial charge >= 0.3 is 0 Å². The van der Waals surface area contributed by atoms with Crippen LogP contribution in [0.3, 0.4) is 0 Å². The average Bonchev–Trinajstić information content (AvgIpc) is 3.57. The molecular weight excluding hydrogens is 560 g/mol. The Bertz CT molecular complexity index is 1500. The van der Waals surface area contributed by atoms with Gasteiger partial charge in [0.05, 0.1) is 42.4 Å². The summed E-state index contributed by atoms with van der Waals surface area (Å²) in [7, 11) is 1.87. The number of aliphatic hydroxyl groups is 1. The highest BCUT2D eigenvalue weighted by Crippen LogP contribution is 2.31. The van der Waals surface area contributed by atoms with E-state index in [1.165, 1.54) is 12.1 Å². The number of nitrogens with zero attached hydrogens (tertiary/aromatic N) is 3. The minimum Gasteiger partial charge on any atom is -0.493 e. The summed E-state index contributed by atoms with van der Waals surface area (Å²) in [5.41, 5.74) is 1.68. The number of likely N-dealkylation sites (tertiary alicyclic amines) is 1. The number of carbonyl (C=O) groups excluding carboxylic acids is 2. The molecule has 2 saturated heterocycles.